The summed E-state index contributed by atoms with van der Waals surface area (Å²) in [6.45, 7) is 3.44. The minimum atomic E-state index is -0.269. The number of halogens is 1. The van der Waals surface area contributed by atoms with Crippen molar-refractivity contribution in [1.29, 1.82) is 0 Å². The van der Waals surface area contributed by atoms with Gasteiger partial charge in [-0.05, 0) is 13.8 Å². The number of hydrogen-bond acceptors (Lipinski definition) is 2. The molecule has 0 saturated carbocycles. The maximum absolute atomic E-state index is 12.9. The molecule has 1 heterocycles. The fraction of sp³-hybridized carbons (Fsp3) is 0.375. The molecule has 0 aliphatic carbocycles. The van der Waals surface area contributed by atoms with E-state index < -0.39 is 0 Å². The van der Waals surface area contributed by atoms with Crippen molar-refractivity contribution >= 4 is 0 Å². The molecule has 0 aliphatic rings. The fourth-order valence-electron chi connectivity index (χ4n) is 0.775. The van der Waals surface area contributed by atoms with E-state index in [1.165, 1.54) is 13.2 Å². The largest absolute Gasteiger partial charge is 0.481 e. The Hall–Kier alpha value is -1.12. The summed E-state index contributed by atoms with van der Waals surface area (Å²) >= 11 is 0. The number of hydrogen-bond donors (Lipinski definition) is 0. The molecular weight excluding hydrogens is 145 g/mol. The van der Waals surface area contributed by atoms with Gasteiger partial charge in [0, 0.05) is 17.3 Å². The molecule has 1 rings (SSSR count). The molecule has 60 valence electrons. The van der Waals surface area contributed by atoms with E-state index in [4.69, 9.17) is 4.74 Å². The lowest BCUT2D eigenvalue weighted by atomic mass is 10.2. The molecule has 11 heavy (non-hydrogen) atoms. The minimum absolute atomic E-state index is 0.269. The molecule has 1 aromatic heterocycles. The van der Waals surface area contributed by atoms with E-state index in [1.54, 1.807) is 13.8 Å². The number of pyridine rings is 1. The van der Waals surface area contributed by atoms with Crippen LogP contribution in [0.3, 0.4) is 0 Å². The Bertz CT molecular complexity index is 250. The van der Waals surface area contributed by atoms with Crippen molar-refractivity contribution in [2.24, 2.45) is 0 Å². The monoisotopic (exact) mass is 155 g/mol. The van der Waals surface area contributed by atoms with Crippen molar-refractivity contribution in [3.63, 3.8) is 0 Å². The highest BCUT2D eigenvalue weighted by atomic mass is 19.1. The molecule has 0 radical (unpaired) electrons. The van der Waals surface area contributed by atoms with Gasteiger partial charge in [-0.15, -0.1) is 0 Å². The van der Waals surface area contributed by atoms with Gasteiger partial charge in [0.05, 0.1) is 7.11 Å². The molecule has 0 spiro atoms. The highest BCUT2D eigenvalue weighted by Gasteiger charge is 2.04. The summed E-state index contributed by atoms with van der Waals surface area (Å²) in [6, 6.07) is 1.28. The summed E-state index contributed by atoms with van der Waals surface area (Å²) < 4.78 is 17.7. The average Bonchev–Trinajstić information content (AvgIpc) is 1.99. The first-order chi connectivity index (χ1) is 5.15. The third kappa shape index (κ3) is 1.48. The van der Waals surface area contributed by atoms with E-state index in [-0.39, 0.29) is 5.82 Å². The van der Waals surface area contributed by atoms with Crippen molar-refractivity contribution in [2.75, 3.05) is 7.11 Å². The van der Waals surface area contributed by atoms with Crippen molar-refractivity contribution < 1.29 is 9.13 Å². The van der Waals surface area contributed by atoms with Gasteiger partial charge in [0.15, 0.2) is 0 Å². The number of aryl methyl sites for hydroxylation is 1. The zero-order valence-electron chi connectivity index (χ0n) is 6.81. The van der Waals surface area contributed by atoms with Crippen LogP contribution in [0, 0.1) is 19.7 Å². The molecule has 0 N–H and O–H groups in total. The van der Waals surface area contributed by atoms with Crippen molar-refractivity contribution in [2.45, 2.75) is 13.8 Å². The molecule has 0 saturated heterocycles. The lowest BCUT2D eigenvalue weighted by Gasteiger charge is -2.03. The van der Waals surface area contributed by atoms with E-state index in [0.29, 0.717) is 17.1 Å². The molecule has 0 atom stereocenters. The second-order valence-corrected chi connectivity index (χ2v) is 2.36. The molecule has 3 heteroatoms. The Kier molecular flexibility index (Phi) is 2.08. The van der Waals surface area contributed by atoms with Crippen LogP contribution in [0.15, 0.2) is 6.07 Å². The van der Waals surface area contributed by atoms with Crippen LogP contribution in [0.5, 0.6) is 5.88 Å². The molecule has 0 amide bonds. The van der Waals surface area contributed by atoms with Crippen molar-refractivity contribution in [1.82, 2.24) is 4.98 Å². The van der Waals surface area contributed by atoms with Crippen LogP contribution in [0.1, 0.15) is 11.3 Å². The maximum atomic E-state index is 12.9. The predicted octanol–water partition coefficient (Wildman–Crippen LogP) is 1.85. The van der Waals surface area contributed by atoms with Gasteiger partial charge in [0.1, 0.15) is 5.82 Å². The van der Waals surface area contributed by atoms with Crippen LogP contribution in [-0.4, -0.2) is 12.1 Å². The number of rotatable bonds is 1. The summed E-state index contributed by atoms with van der Waals surface area (Å²) in [7, 11) is 1.47. The van der Waals surface area contributed by atoms with Crippen LogP contribution >= 0.6 is 0 Å². The Morgan fingerprint density at radius 2 is 2.09 bits per heavy atom. The number of aromatic nitrogens is 1. The Morgan fingerprint density at radius 3 is 2.55 bits per heavy atom. The summed E-state index contributed by atoms with van der Waals surface area (Å²) in [5, 5.41) is 0. The first kappa shape index (κ1) is 7.98. The number of ether oxygens (including phenoxy) is 1. The zero-order chi connectivity index (χ0) is 8.43. The maximum Gasteiger partial charge on any atom is 0.216 e. The molecule has 0 fully saturated rings. The first-order valence-electron chi connectivity index (χ1n) is 3.33. The van der Waals surface area contributed by atoms with Crippen molar-refractivity contribution in [3.8, 4) is 5.88 Å². The zero-order valence-corrected chi connectivity index (χ0v) is 6.81. The van der Waals surface area contributed by atoms with E-state index in [0.717, 1.165) is 0 Å². The molecule has 0 bridgehead atoms. The molecule has 1 aromatic rings. The van der Waals surface area contributed by atoms with Gasteiger partial charge in [-0.25, -0.2) is 9.37 Å². The lowest BCUT2D eigenvalue weighted by molar-refractivity contribution is 0.392. The number of nitrogens with zero attached hydrogens (tertiary/aromatic N) is 1. The average molecular weight is 155 g/mol. The van der Waals surface area contributed by atoms with Gasteiger partial charge < -0.3 is 4.74 Å². The van der Waals surface area contributed by atoms with Gasteiger partial charge in [-0.1, -0.05) is 0 Å². The molecule has 0 aromatic carbocycles. The molecule has 0 aliphatic heterocycles. The minimum Gasteiger partial charge on any atom is -0.481 e. The lowest BCUT2D eigenvalue weighted by Crippen LogP contribution is -1.95. The van der Waals surface area contributed by atoms with E-state index >= 15 is 0 Å². The topological polar surface area (TPSA) is 22.1 Å². The highest BCUT2D eigenvalue weighted by molar-refractivity contribution is 5.25. The normalized spacial score (nSPS) is 9.82. The summed E-state index contributed by atoms with van der Waals surface area (Å²) in [5.41, 5.74) is 1.24. The SMILES string of the molecule is COc1cc(F)c(C)c(C)n1. The van der Waals surface area contributed by atoms with Crippen molar-refractivity contribution in [3.05, 3.63) is 23.1 Å². The van der Waals surface area contributed by atoms with Crippen LogP contribution in [-0.2, 0) is 0 Å². The quantitative estimate of drug-likeness (QED) is 0.617. The first-order valence-corrected chi connectivity index (χ1v) is 3.33. The van der Waals surface area contributed by atoms with Crippen LogP contribution in [0.4, 0.5) is 4.39 Å². The Balaban J connectivity index is 3.21. The highest BCUT2D eigenvalue weighted by Crippen LogP contribution is 2.15. The smallest absolute Gasteiger partial charge is 0.216 e. The van der Waals surface area contributed by atoms with Gasteiger partial charge in [-0.3, -0.25) is 0 Å². The van der Waals surface area contributed by atoms with Gasteiger partial charge in [0.25, 0.3) is 0 Å². The van der Waals surface area contributed by atoms with Crippen LogP contribution < -0.4 is 4.74 Å². The van der Waals surface area contributed by atoms with E-state index in [1.807, 2.05) is 0 Å². The Labute approximate surface area is 65.0 Å². The van der Waals surface area contributed by atoms with E-state index in [9.17, 15) is 4.39 Å². The predicted molar refractivity (Wildman–Crippen MR) is 40.2 cm³/mol. The van der Waals surface area contributed by atoms with Gasteiger partial charge in [0.2, 0.25) is 5.88 Å². The fourth-order valence-corrected chi connectivity index (χ4v) is 0.775. The summed E-state index contributed by atoms with van der Waals surface area (Å²) in [4.78, 5) is 3.99. The summed E-state index contributed by atoms with van der Waals surface area (Å²) in [5.74, 6) is 0.0555. The number of methoxy groups -OCH3 is 1. The second kappa shape index (κ2) is 2.86. The third-order valence-electron chi connectivity index (χ3n) is 1.64. The van der Waals surface area contributed by atoms with Crippen LogP contribution in [0.2, 0.25) is 0 Å². The second-order valence-electron chi connectivity index (χ2n) is 2.36. The Morgan fingerprint density at radius 1 is 1.45 bits per heavy atom. The summed E-state index contributed by atoms with van der Waals surface area (Å²) in [6.07, 6.45) is 0. The van der Waals surface area contributed by atoms with Gasteiger partial charge >= 0.3 is 0 Å². The third-order valence-corrected chi connectivity index (χ3v) is 1.64. The van der Waals surface area contributed by atoms with Crippen LogP contribution in [0.25, 0.3) is 0 Å². The van der Waals surface area contributed by atoms with E-state index in [2.05, 4.69) is 4.98 Å². The molecular formula is C8H10FNO. The molecule has 0 unspecified atom stereocenters. The standard InChI is InChI=1S/C8H10FNO/c1-5-6(2)10-8(11-3)4-7(5)9/h4H,1-3H3. The van der Waals surface area contributed by atoms with Gasteiger partial charge in [-0.2, -0.15) is 0 Å². The molecule has 2 nitrogen and oxygen atoms in total.